The molecule has 37 heavy (non-hydrogen) atoms. The Morgan fingerprint density at radius 2 is 1.00 bits per heavy atom. The SMILES string of the molecule is CCC[CH2][Sn]([CH2]CCC)([O]C(=O)/C=C\C(=O)OCC[C@@H](C)OC)[O]C(=O)/C=C\C(=O)OCC[C@@H](C)OC. The van der Waals surface area contributed by atoms with Crippen LogP contribution in [-0.4, -0.2) is 82.7 Å². The molecule has 0 spiro atoms. The van der Waals surface area contributed by atoms with Crippen LogP contribution >= 0.6 is 0 Å². The molecule has 10 nitrogen and oxygen atoms in total. The summed E-state index contributed by atoms with van der Waals surface area (Å²) in [5.74, 6) is -2.87. The van der Waals surface area contributed by atoms with Crippen LogP contribution < -0.4 is 0 Å². The van der Waals surface area contributed by atoms with Gasteiger partial charge in [-0.1, -0.05) is 0 Å². The fourth-order valence-electron chi connectivity index (χ4n) is 2.93. The van der Waals surface area contributed by atoms with Crippen LogP contribution in [-0.2, 0) is 44.3 Å². The quantitative estimate of drug-likeness (QED) is 0.109. The second kappa shape index (κ2) is 21.1. The summed E-state index contributed by atoms with van der Waals surface area (Å²) in [6, 6.07) is 0. The summed E-state index contributed by atoms with van der Waals surface area (Å²) in [5, 5.41) is 0. The van der Waals surface area contributed by atoms with E-state index in [1.165, 1.54) is 0 Å². The average molecular weight is 635 g/mol. The number of esters is 2. The molecule has 0 aromatic heterocycles. The first kappa shape index (κ1) is 35.1. The predicted octanol–water partition coefficient (Wildman–Crippen LogP) is 4.16. The van der Waals surface area contributed by atoms with E-state index in [1.54, 1.807) is 14.2 Å². The molecule has 212 valence electrons. The van der Waals surface area contributed by atoms with E-state index < -0.39 is 43.1 Å². The molecule has 0 saturated carbocycles. The van der Waals surface area contributed by atoms with Gasteiger partial charge in [-0.15, -0.1) is 0 Å². The van der Waals surface area contributed by atoms with Crippen LogP contribution in [0.5, 0.6) is 0 Å². The fourth-order valence-corrected chi connectivity index (χ4v) is 12.5. The van der Waals surface area contributed by atoms with Crippen molar-refractivity contribution in [3.05, 3.63) is 24.3 Å². The van der Waals surface area contributed by atoms with Crippen LogP contribution in [0.4, 0.5) is 0 Å². The van der Waals surface area contributed by atoms with E-state index in [9.17, 15) is 19.2 Å². The van der Waals surface area contributed by atoms with E-state index in [-0.39, 0.29) is 25.4 Å². The molecular formula is C26H44O10Sn. The molecule has 0 amide bonds. The fraction of sp³-hybridized carbons (Fsp3) is 0.692. The Bertz CT molecular complexity index is 688. The van der Waals surface area contributed by atoms with Gasteiger partial charge in [0.1, 0.15) is 0 Å². The second-order valence-corrected chi connectivity index (χ2v) is 17.8. The van der Waals surface area contributed by atoms with Gasteiger partial charge in [0.05, 0.1) is 0 Å². The topological polar surface area (TPSA) is 124 Å². The number of carbonyl (C=O) groups excluding carboxylic acids is 4. The molecule has 0 aromatic carbocycles. The molecule has 0 aliphatic rings. The van der Waals surface area contributed by atoms with Crippen molar-refractivity contribution in [3.8, 4) is 0 Å². The van der Waals surface area contributed by atoms with Gasteiger partial charge in [0, 0.05) is 0 Å². The third-order valence-corrected chi connectivity index (χ3v) is 15.1. The van der Waals surface area contributed by atoms with Gasteiger partial charge in [0.2, 0.25) is 0 Å². The Labute approximate surface area is 226 Å². The maximum atomic E-state index is 12.6. The summed E-state index contributed by atoms with van der Waals surface area (Å²) in [5.41, 5.74) is 0. The molecule has 0 rings (SSSR count). The number of unbranched alkanes of at least 4 members (excludes halogenated alkanes) is 2. The van der Waals surface area contributed by atoms with Crippen molar-refractivity contribution in [2.24, 2.45) is 0 Å². The Morgan fingerprint density at radius 1 is 0.649 bits per heavy atom. The molecule has 0 bridgehead atoms. The van der Waals surface area contributed by atoms with Crippen molar-refractivity contribution in [1.29, 1.82) is 0 Å². The first-order valence-corrected chi connectivity index (χ1v) is 19.2. The van der Waals surface area contributed by atoms with Crippen molar-refractivity contribution in [1.82, 2.24) is 0 Å². The number of ether oxygens (including phenoxy) is 4. The van der Waals surface area contributed by atoms with Gasteiger partial charge in [0.15, 0.2) is 0 Å². The number of hydrogen-bond acceptors (Lipinski definition) is 10. The number of rotatable bonds is 20. The minimum atomic E-state index is -4.26. The van der Waals surface area contributed by atoms with Gasteiger partial charge < -0.3 is 0 Å². The number of methoxy groups -OCH3 is 2. The van der Waals surface area contributed by atoms with E-state index in [2.05, 4.69) is 0 Å². The molecule has 0 aliphatic heterocycles. The Hall–Kier alpha value is -1.92. The van der Waals surface area contributed by atoms with Crippen LogP contribution in [0.25, 0.3) is 0 Å². The van der Waals surface area contributed by atoms with E-state index >= 15 is 0 Å². The molecule has 0 fully saturated rings. The summed E-state index contributed by atoms with van der Waals surface area (Å²) in [4.78, 5) is 49.0. The summed E-state index contributed by atoms with van der Waals surface area (Å²) < 4.78 is 32.8. The van der Waals surface area contributed by atoms with Gasteiger partial charge in [0.25, 0.3) is 0 Å². The van der Waals surface area contributed by atoms with Gasteiger partial charge in [-0.3, -0.25) is 0 Å². The standard InChI is InChI=1S/2C9H14O5.2C4H9.Sn/c2*1-7(13-2)5-6-14-9(12)4-3-8(10)11;2*1-3-4-2;/h2*3-4,7H,5-6H2,1-2H3,(H,10,11);2*1,3-4H2,2H3;/q;;;;+2/p-2/b2*4-3-;;;/t2*7-;;;/m11.../s1. The van der Waals surface area contributed by atoms with Crippen LogP contribution in [0.1, 0.15) is 66.2 Å². The molecule has 0 heterocycles. The molecule has 2 atom stereocenters. The first-order chi connectivity index (χ1) is 17.6. The van der Waals surface area contributed by atoms with Crippen LogP contribution in [0, 0.1) is 0 Å². The molecule has 0 N–H and O–H groups in total. The Balaban J connectivity index is 5.22. The first-order valence-electron chi connectivity index (χ1n) is 12.8. The molecule has 11 heteroatoms. The molecule has 0 saturated heterocycles. The predicted molar refractivity (Wildman–Crippen MR) is 140 cm³/mol. The van der Waals surface area contributed by atoms with Gasteiger partial charge in [-0.05, 0) is 0 Å². The molecule has 0 unspecified atom stereocenters. The van der Waals surface area contributed by atoms with Crippen molar-refractivity contribution >= 4 is 43.1 Å². The van der Waals surface area contributed by atoms with Gasteiger partial charge in [-0.25, -0.2) is 0 Å². The van der Waals surface area contributed by atoms with Gasteiger partial charge >= 0.3 is 226 Å². The zero-order valence-corrected chi connectivity index (χ0v) is 26.0. The van der Waals surface area contributed by atoms with Crippen molar-refractivity contribution in [3.63, 3.8) is 0 Å². The Kier molecular flexibility index (Phi) is 20.0. The normalized spacial score (nSPS) is 13.4. The maximum absolute atomic E-state index is 12.6. The second-order valence-electron chi connectivity index (χ2n) is 8.63. The van der Waals surface area contributed by atoms with E-state index in [0.29, 0.717) is 34.6 Å². The molecular weight excluding hydrogens is 591 g/mol. The molecule has 0 aromatic rings. The third kappa shape index (κ3) is 18.0. The molecule has 0 radical (unpaired) electrons. The van der Waals surface area contributed by atoms with Crippen LogP contribution in [0.2, 0.25) is 8.87 Å². The van der Waals surface area contributed by atoms with E-state index in [1.807, 2.05) is 27.7 Å². The van der Waals surface area contributed by atoms with Crippen LogP contribution in [0.3, 0.4) is 0 Å². The third-order valence-electron chi connectivity index (χ3n) is 5.45. The summed E-state index contributed by atoms with van der Waals surface area (Å²) >= 11 is -4.26. The average Bonchev–Trinajstić information content (AvgIpc) is 2.88. The van der Waals surface area contributed by atoms with E-state index in [0.717, 1.165) is 37.1 Å². The number of carbonyl (C=O) groups is 4. The van der Waals surface area contributed by atoms with Gasteiger partial charge in [-0.2, -0.15) is 0 Å². The monoisotopic (exact) mass is 636 g/mol. The summed E-state index contributed by atoms with van der Waals surface area (Å²) in [6.07, 6.45) is 8.00. The zero-order chi connectivity index (χ0) is 28.1. The van der Waals surface area contributed by atoms with Crippen molar-refractivity contribution in [2.75, 3.05) is 27.4 Å². The Morgan fingerprint density at radius 3 is 1.32 bits per heavy atom. The number of hydrogen-bond donors (Lipinski definition) is 0. The van der Waals surface area contributed by atoms with E-state index in [4.69, 9.17) is 25.1 Å². The minimum absolute atomic E-state index is 0.0569. The zero-order valence-electron chi connectivity index (χ0n) is 23.1. The van der Waals surface area contributed by atoms with Crippen molar-refractivity contribution < 1.29 is 44.3 Å². The molecule has 0 aliphatic carbocycles. The van der Waals surface area contributed by atoms with Crippen LogP contribution in [0.15, 0.2) is 24.3 Å². The van der Waals surface area contributed by atoms with Crippen molar-refractivity contribution in [2.45, 2.75) is 87.3 Å². The summed E-state index contributed by atoms with van der Waals surface area (Å²) in [7, 11) is 3.13. The summed E-state index contributed by atoms with van der Waals surface area (Å²) in [6.45, 7) is 7.98.